The van der Waals surface area contributed by atoms with Crippen LogP contribution in [0, 0.1) is 52.3 Å². The van der Waals surface area contributed by atoms with Gasteiger partial charge in [0.2, 0.25) is 0 Å². The second-order valence-corrected chi connectivity index (χ2v) is 12.8. The minimum absolute atomic E-state index is 0.0570. The highest BCUT2D eigenvalue weighted by molar-refractivity contribution is 5.14. The van der Waals surface area contributed by atoms with Gasteiger partial charge < -0.3 is 20.1 Å². The van der Waals surface area contributed by atoms with E-state index in [0.29, 0.717) is 35.5 Å². The van der Waals surface area contributed by atoms with Gasteiger partial charge in [-0.1, -0.05) is 33.6 Å². The Bertz CT molecular complexity index is 649. The van der Waals surface area contributed by atoms with Crippen molar-refractivity contribution in [3.05, 3.63) is 0 Å². The average Bonchev–Trinajstić information content (AvgIpc) is 3.04. The molecule has 1 heterocycles. The Labute approximate surface area is 189 Å². The van der Waals surface area contributed by atoms with Gasteiger partial charge in [-0.25, -0.2) is 0 Å². The summed E-state index contributed by atoms with van der Waals surface area (Å²) in [5, 5.41) is 33.3. The molecule has 11 atom stereocenters. The minimum Gasteiger partial charge on any atom is -0.393 e. The second-order valence-electron chi connectivity index (χ2n) is 12.8. The first-order valence-corrected chi connectivity index (χ1v) is 13.4. The first kappa shape index (κ1) is 22.6. The van der Waals surface area contributed by atoms with Gasteiger partial charge in [-0.2, -0.15) is 0 Å². The van der Waals surface area contributed by atoms with Crippen molar-refractivity contribution in [1.82, 2.24) is 0 Å². The van der Waals surface area contributed by atoms with E-state index in [1.807, 2.05) is 0 Å². The molecule has 1 aliphatic heterocycles. The van der Waals surface area contributed by atoms with E-state index in [1.54, 1.807) is 0 Å². The van der Waals surface area contributed by atoms with Crippen molar-refractivity contribution in [3.8, 4) is 0 Å². The summed E-state index contributed by atoms with van der Waals surface area (Å²) in [7, 11) is 0. The van der Waals surface area contributed by atoms with Crippen molar-refractivity contribution in [1.29, 1.82) is 0 Å². The van der Waals surface area contributed by atoms with Crippen molar-refractivity contribution in [3.63, 3.8) is 0 Å². The molecule has 0 radical (unpaired) electrons. The largest absolute Gasteiger partial charge is 0.393 e. The lowest BCUT2D eigenvalue weighted by Crippen LogP contribution is -2.62. The Morgan fingerprint density at radius 1 is 0.968 bits per heavy atom. The van der Waals surface area contributed by atoms with Crippen LogP contribution in [-0.4, -0.2) is 46.8 Å². The average molecular weight is 435 g/mol. The molecule has 5 fully saturated rings. The van der Waals surface area contributed by atoms with Crippen molar-refractivity contribution in [2.24, 2.45) is 52.3 Å². The number of aliphatic hydroxyl groups is 3. The van der Waals surface area contributed by atoms with Crippen LogP contribution in [0.4, 0.5) is 0 Å². The van der Waals surface area contributed by atoms with Gasteiger partial charge in [0, 0.05) is 5.92 Å². The van der Waals surface area contributed by atoms with Gasteiger partial charge in [0.05, 0.1) is 31.5 Å². The normalized spacial score (nSPS) is 53.2. The molecule has 1 saturated heterocycles. The number of fused-ring (bicyclic) bond motifs is 5. The summed E-state index contributed by atoms with van der Waals surface area (Å²) >= 11 is 0. The van der Waals surface area contributed by atoms with E-state index < -0.39 is 0 Å². The summed E-state index contributed by atoms with van der Waals surface area (Å²) in [5.74, 6) is 3.54. The van der Waals surface area contributed by atoms with Crippen molar-refractivity contribution >= 4 is 0 Å². The first-order valence-electron chi connectivity index (χ1n) is 13.4. The summed E-state index contributed by atoms with van der Waals surface area (Å²) in [6.07, 6.45) is 9.93. The fraction of sp³-hybridized carbons (Fsp3) is 1.00. The summed E-state index contributed by atoms with van der Waals surface area (Å²) in [5.41, 5.74) is 0.110. The van der Waals surface area contributed by atoms with Crippen LogP contribution in [0.5, 0.6) is 0 Å². The van der Waals surface area contributed by atoms with Crippen LogP contribution in [0.1, 0.15) is 85.0 Å². The van der Waals surface area contributed by atoms with Gasteiger partial charge in [0.1, 0.15) is 0 Å². The molecule has 0 aromatic carbocycles. The standard InChI is InChI=1S/C27H46O4/c1-16(5-4-6-17-14-31-15-17)20-7-8-21-25-22(13-24(30)27(20,21)3)26(2)10-9-19(28)11-18(26)12-23(25)29/h16-25,28-30H,4-15H2,1-3H3/t16-,18-,19-,20?,21+,22+,23-,24+,25?,26+,27-/m1/s1. The van der Waals surface area contributed by atoms with E-state index in [-0.39, 0.29) is 29.1 Å². The SMILES string of the molecule is C[C@H](CCCC1COC1)C1CC[C@H]2C3[C@H](O)C[C@H]4C[C@H](O)CC[C@]4(C)[C@H]3C[C@H](O)[C@]12C. The predicted octanol–water partition coefficient (Wildman–Crippen LogP) is 4.40. The third kappa shape index (κ3) is 3.54. The van der Waals surface area contributed by atoms with E-state index in [1.165, 1.54) is 32.1 Å². The second kappa shape index (κ2) is 8.25. The fourth-order valence-electron chi connectivity index (χ4n) is 9.51. The number of rotatable bonds is 5. The van der Waals surface area contributed by atoms with E-state index >= 15 is 0 Å². The zero-order chi connectivity index (χ0) is 22.0. The van der Waals surface area contributed by atoms with Crippen LogP contribution in [-0.2, 0) is 4.74 Å². The molecule has 4 aliphatic carbocycles. The molecule has 178 valence electrons. The van der Waals surface area contributed by atoms with E-state index in [0.717, 1.165) is 51.2 Å². The van der Waals surface area contributed by atoms with Crippen LogP contribution in [0.2, 0.25) is 0 Å². The predicted molar refractivity (Wildman–Crippen MR) is 121 cm³/mol. The monoisotopic (exact) mass is 434 g/mol. The maximum Gasteiger partial charge on any atom is 0.0602 e. The highest BCUT2D eigenvalue weighted by Gasteiger charge is 2.65. The van der Waals surface area contributed by atoms with Gasteiger partial charge in [-0.05, 0) is 97.7 Å². The van der Waals surface area contributed by atoms with Crippen molar-refractivity contribution < 1.29 is 20.1 Å². The molecule has 0 spiro atoms. The lowest BCUT2D eigenvalue weighted by molar-refractivity contribution is -0.207. The third-order valence-electron chi connectivity index (χ3n) is 11.5. The highest BCUT2D eigenvalue weighted by atomic mass is 16.5. The summed E-state index contributed by atoms with van der Waals surface area (Å²) in [6.45, 7) is 9.12. The molecule has 4 saturated carbocycles. The van der Waals surface area contributed by atoms with Crippen molar-refractivity contribution in [2.45, 2.75) is 103 Å². The zero-order valence-electron chi connectivity index (χ0n) is 20.0. The number of hydrogen-bond donors (Lipinski definition) is 3. The maximum atomic E-state index is 11.7. The number of ether oxygens (including phenoxy) is 1. The van der Waals surface area contributed by atoms with E-state index in [2.05, 4.69) is 20.8 Å². The lowest BCUT2D eigenvalue weighted by Gasteiger charge is -2.63. The summed E-state index contributed by atoms with van der Waals surface area (Å²) in [4.78, 5) is 0. The smallest absolute Gasteiger partial charge is 0.0602 e. The molecule has 0 aromatic heterocycles. The van der Waals surface area contributed by atoms with Gasteiger partial charge in [0.15, 0.2) is 0 Å². The topological polar surface area (TPSA) is 69.9 Å². The van der Waals surface area contributed by atoms with Crippen LogP contribution >= 0.6 is 0 Å². The molecular formula is C27H46O4. The molecule has 4 heteroatoms. The molecule has 2 unspecified atom stereocenters. The van der Waals surface area contributed by atoms with Gasteiger partial charge in [0.25, 0.3) is 0 Å². The number of hydrogen-bond acceptors (Lipinski definition) is 4. The summed E-state index contributed by atoms with van der Waals surface area (Å²) in [6, 6.07) is 0. The van der Waals surface area contributed by atoms with Crippen molar-refractivity contribution in [2.75, 3.05) is 13.2 Å². The maximum absolute atomic E-state index is 11.7. The first-order chi connectivity index (χ1) is 14.7. The molecule has 3 N–H and O–H groups in total. The molecule has 0 amide bonds. The lowest BCUT2D eigenvalue weighted by atomic mass is 9.43. The van der Waals surface area contributed by atoms with Gasteiger partial charge in [-0.3, -0.25) is 0 Å². The number of aliphatic hydroxyl groups excluding tert-OH is 3. The molecule has 31 heavy (non-hydrogen) atoms. The fourth-order valence-corrected chi connectivity index (χ4v) is 9.51. The molecular weight excluding hydrogens is 388 g/mol. The quantitative estimate of drug-likeness (QED) is 0.600. The molecule has 5 aliphatic rings. The molecule has 5 rings (SSSR count). The molecule has 0 bridgehead atoms. The minimum atomic E-state index is -0.266. The van der Waals surface area contributed by atoms with E-state index in [4.69, 9.17) is 4.74 Å². The van der Waals surface area contributed by atoms with Crippen LogP contribution < -0.4 is 0 Å². The van der Waals surface area contributed by atoms with Crippen LogP contribution in [0.3, 0.4) is 0 Å². The summed E-state index contributed by atoms with van der Waals surface area (Å²) < 4.78 is 5.33. The van der Waals surface area contributed by atoms with Crippen LogP contribution in [0.15, 0.2) is 0 Å². The Balaban J connectivity index is 1.33. The third-order valence-corrected chi connectivity index (χ3v) is 11.5. The van der Waals surface area contributed by atoms with Gasteiger partial charge in [-0.15, -0.1) is 0 Å². The van der Waals surface area contributed by atoms with Crippen LogP contribution in [0.25, 0.3) is 0 Å². The Hall–Kier alpha value is -0.160. The highest BCUT2D eigenvalue weighted by Crippen LogP contribution is 2.68. The Morgan fingerprint density at radius 2 is 1.74 bits per heavy atom. The zero-order valence-corrected chi connectivity index (χ0v) is 20.0. The molecule has 4 nitrogen and oxygen atoms in total. The molecule has 0 aromatic rings. The Kier molecular flexibility index (Phi) is 6.02. The van der Waals surface area contributed by atoms with E-state index in [9.17, 15) is 15.3 Å². The Morgan fingerprint density at radius 3 is 2.45 bits per heavy atom. The van der Waals surface area contributed by atoms with Gasteiger partial charge >= 0.3 is 0 Å².